The molecule has 1 saturated heterocycles. The maximum Gasteiger partial charge on any atom is 0.330 e. The van der Waals surface area contributed by atoms with Gasteiger partial charge in [0.15, 0.2) is 0 Å². The van der Waals surface area contributed by atoms with Crippen LogP contribution in [0.4, 0.5) is 0 Å². The molecule has 2 heterocycles. The van der Waals surface area contributed by atoms with Gasteiger partial charge in [-0.25, -0.2) is 4.79 Å². The first kappa shape index (κ1) is 14.0. The van der Waals surface area contributed by atoms with E-state index in [1.54, 1.807) is 0 Å². The zero-order valence-corrected chi connectivity index (χ0v) is 10.6. The second-order valence-electron chi connectivity index (χ2n) is 4.16. The number of nitrogens with zero attached hydrogens (tertiary/aromatic N) is 1. The van der Waals surface area contributed by atoms with Crippen LogP contribution >= 0.6 is 11.6 Å². The van der Waals surface area contributed by atoms with Crippen molar-refractivity contribution in [1.29, 1.82) is 0 Å². The maximum atomic E-state index is 11.7. The minimum absolute atomic E-state index is 0.154. The van der Waals surface area contributed by atoms with Gasteiger partial charge in [0.1, 0.15) is 12.3 Å². The summed E-state index contributed by atoms with van der Waals surface area (Å²) < 4.78 is 6.51. The summed E-state index contributed by atoms with van der Waals surface area (Å²) in [5.41, 5.74) is 0.142. The SMILES string of the molecule is O=c1[nH]c(=O)n([C@@H]2CC(O)[C@H](CO)O2)cc1C=CCl. The number of hydrogen-bond acceptors (Lipinski definition) is 5. The highest BCUT2D eigenvalue weighted by atomic mass is 35.5. The molecule has 0 spiro atoms. The van der Waals surface area contributed by atoms with E-state index in [9.17, 15) is 14.7 Å². The Morgan fingerprint density at radius 2 is 2.32 bits per heavy atom. The first-order chi connectivity index (χ1) is 9.06. The highest BCUT2D eigenvalue weighted by Gasteiger charge is 2.35. The largest absolute Gasteiger partial charge is 0.394 e. The first-order valence-electron chi connectivity index (χ1n) is 5.63. The summed E-state index contributed by atoms with van der Waals surface area (Å²) in [5.74, 6) is 0. The number of ether oxygens (including phenoxy) is 1. The summed E-state index contributed by atoms with van der Waals surface area (Å²) in [7, 11) is 0. The van der Waals surface area contributed by atoms with E-state index < -0.39 is 29.7 Å². The molecule has 0 radical (unpaired) electrons. The molecule has 104 valence electrons. The molecule has 8 heteroatoms. The van der Waals surface area contributed by atoms with Crippen LogP contribution in [0.25, 0.3) is 6.08 Å². The maximum absolute atomic E-state index is 11.7. The lowest BCUT2D eigenvalue weighted by molar-refractivity contribution is -0.0459. The van der Waals surface area contributed by atoms with E-state index in [0.717, 1.165) is 10.1 Å². The predicted molar refractivity (Wildman–Crippen MR) is 67.8 cm³/mol. The fourth-order valence-corrected chi connectivity index (χ4v) is 2.09. The van der Waals surface area contributed by atoms with Crippen molar-refractivity contribution in [3.63, 3.8) is 0 Å². The first-order valence-corrected chi connectivity index (χ1v) is 6.07. The average Bonchev–Trinajstić information content (AvgIpc) is 2.74. The molecule has 7 nitrogen and oxygen atoms in total. The zero-order valence-electron chi connectivity index (χ0n) is 9.82. The average molecular weight is 289 g/mol. The lowest BCUT2D eigenvalue weighted by Gasteiger charge is -2.14. The van der Waals surface area contributed by atoms with Gasteiger partial charge in [-0.2, -0.15) is 0 Å². The van der Waals surface area contributed by atoms with E-state index in [-0.39, 0.29) is 18.6 Å². The molecule has 3 N–H and O–H groups in total. The fourth-order valence-electron chi connectivity index (χ4n) is 1.95. The van der Waals surface area contributed by atoms with Gasteiger partial charge in [-0.1, -0.05) is 11.6 Å². The monoisotopic (exact) mass is 288 g/mol. The number of halogens is 1. The van der Waals surface area contributed by atoms with Crippen molar-refractivity contribution < 1.29 is 14.9 Å². The van der Waals surface area contributed by atoms with E-state index in [0.29, 0.717) is 0 Å². The molecular formula is C11H13ClN2O5. The van der Waals surface area contributed by atoms with Crippen molar-refractivity contribution in [2.24, 2.45) is 0 Å². The van der Waals surface area contributed by atoms with Crippen LogP contribution in [0, 0.1) is 0 Å². The number of rotatable bonds is 3. The molecule has 0 saturated carbocycles. The highest BCUT2D eigenvalue weighted by molar-refractivity contribution is 6.27. The van der Waals surface area contributed by atoms with Gasteiger partial charge in [-0.3, -0.25) is 14.3 Å². The van der Waals surface area contributed by atoms with Crippen LogP contribution in [-0.4, -0.2) is 38.6 Å². The van der Waals surface area contributed by atoms with Crippen LogP contribution in [0.1, 0.15) is 18.2 Å². The Kier molecular flexibility index (Phi) is 4.20. The van der Waals surface area contributed by atoms with Crippen molar-refractivity contribution in [3.05, 3.63) is 38.1 Å². The Morgan fingerprint density at radius 3 is 2.89 bits per heavy atom. The lowest BCUT2D eigenvalue weighted by atomic mass is 10.2. The van der Waals surface area contributed by atoms with E-state index in [4.69, 9.17) is 21.4 Å². The Balaban J connectivity index is 2.38. The van der Waals surface area contributed by atoms with Gasteiger partial charge in [0, 0.05) is 18.2 Å². The molecular weight excluding hydrogens is 276 g/mol. The number of aliphatic hydroxyl groups is 2. The van der Waals surface area contributed by atoms with Gasteiger partial charge in [0.05, 0.1) is 18.3 Å². The van der Waals surface area contributed by atoms with Gasteiger partial charge in [-0.05, 0) is 6.08 Å². The summed E-state index contributed by atoms with van der Waals surface area (Å²) in [6, 6.07) is 0. The molecule has 1 aromatic rings. The molecule has 1 fully saturated rings. The molecule has 2 rings (SSSR count). The Morgan fingerprint density at radius 1 is 1.58 bits per heavy atom. The number of aromatic nitrogens is 2. The van der Waals surface area contributed by atoms with Crippen LogP contribution in [0.3, 0.4) is 0 Å². The van der Waals surface area contributed by atoms with E-state index in [2.05, 4.69) is 4.98 Å². The van der Waals surface area contributed by atoms with Gasteiger partial charge in [0.25, 0.3) is 5.56 Å². The second-order valence-corrected chi connectivity index (χ2v) is 4.41. The smallest absolute Gasteiger partial charge is 0.330 e. The number of aliphatic hydroxyl groups excluding tert-OH is 2. The van der Waals surface area contributed by atoms with Crippen LogP contribution in [0.5, 0.6) is 0 Å². The van der Waals surface area contributed by atoms with Crippen molar-refractivity contribution >= 4 is 17.7 Å². The summed E-state index contributed by atoms with van der Waals surface area (Å²) in [4.78, 5) is 25.3. The number of H-pyrrole nitrogens is 1. The Hall–Kier alpha value is -1.41. The third-order valence-corrected chi connectivity index (χ3v) is 3.06. The summed E-state index contributed by atoms with van der Waals surface area (Å²) in [6.07, 6.45) is 0.458. The van der Waals surface area contributed by atoms with Gasteiger partial charge in [-0.15, -0.1) is 0 Å². The summed E-state index contributed by atoms with van der Waals surface area (Å²) in [6.45, 7) is -0.343. The molecule has 3 atom stereocenters. The number of aromatic amines is 1. The van der Waals surface area contributed by atoms with E-state index >= 15 is 0 Å². The lowest BCUT2D eigenvalue weighted by Crippen LogP contribution is -2.33. The van der Waals surface area contributed by atoms with Crippen LogP contribution in [0.2, 0.25) is 0 Å². The number of hydrogen-bond donors (Lipinski definition) is 3. The molecule has 19 heavy (non-hydrogen) atoms. The van der Waals surface area contributed by atoms with Crippen molar-refractivity contribution in [3.8, 4) is 0 Å². The Bertz CT molecular complexity index is 593. The topological polar surface area (TPSA) is 105 Å². The molecule has 1 aliphatic rings. The number of nitrogens with one attached hydrogen (secondary N) is 1. The quantitative estimate of drug-likeness (QED) is 0.688. The molecule has 1 aliphatic heterocycles. The fraction of sp³-hybridized carbons (Fsp3) is 0.455. The van der Waals surface area contributed by atoms with Gasteiger partial charge >= 0.3 is 5.69 Å². The zero-order chi connectivity index (χ0) is 14.0. The van der Waals surface area contributed by atoms with Gasteiger partial charge < -0.3 is 14.9 Å². The summed E-state index contributed by atoms with van der Waals surface area (Å²) in [5, 5.41) is 18.6. The predicted octanol–water partition coefficient (Wildman–Crippen LogP) is -0.613. The normalized spacial score (nSPS) is 27.2. The molecule has 1 unspecified atom stereocenters. The molecule has 0 bridgehead atoms. The van der Waals surface area contributed by atoms with Crippen LogP contribution in [0.15, 0.2) is 21.3 Å². The molecule has 0 aromatic carbocycles. The third kappa shape index (κ3) is 2.79. The molecule has 1 aromatic heterocycles. The van der Waals surface area contributed by atoms with E-state index in [1.165, 1.54) is 12.3 Å². The third-order valence-electron chi connectivity index (χ3n) is 2.93. The van der Waals surface area contributed by atoms with E-state index in [1.807, 2.05) is 0 Å². The van der Waals surface area contributed by atoms with Gasteiger partial charge in [0.2, 0.25) is 0 Å². The summed E-state index contributed by atoms with van der Waals surface area (Å²) >= 11 is 5.40. The minimum Gasteiger partial charge on any atom is -0.394 e. The van der Waals surface area contributed by atoms with Crippen molar-refractivity contribution in [1.82, 2.24) is 9.55 Å². The van der Waals surface area contributed by atoms with Crippen molar-refractivity contribution in [2.45, 2.75) is 24.9 Å². The second kappa shape index (κ2) is 5.70. The van der Waals surface area contributed by atoms with Crippen LogP contribution < -0.4 is 11.2 Å². The standard InChI is InChI=1S/C11H13ClN2O5/c12-2-1-6-4-14(11(18)13-10(6)17)9-3-7(16)8(5-15)19-9/h1-2,4,7-9,15-16H,3,5H2,(H,13,17,18)/t7?,8-,9-/m0/s1. The molecule has 0 aliphatic carbocycles. The Labute approximate surface area is 112 Å². The minimum atomic E-state index is -0.860. The highest BCUT2D eigenvalue weighted by Crippen LogP contribution is 2.27. The van der Waals surface area contributed by atoms with Crippen LogP contribution in [-0.2, 0) is 4.74 Å². The molecule has 0 amide bonds. The van der Waals surface area contributed by atoms with Crippen molar-refractivity contribution in [2.75, 3.05) is 6.61 Å².